The number of hydrogen-bond acceptors (Lipinski definition) is 6. The zero-order chi connectivity index (χ0) is 15.5. The summed E-state index contributed by atoms with van der Waals surface area (Å²) in [6, 6.07) is 0. The predicted molar refractivity (Wildman–Crippen MR) is 73.1 cm³/mol. The first-order valence-corrected chi connectivity index (χ1v) is 8.26. The highest BCUT2D eigenvalue weighted by molar-refractivity contribution is 7.89. The number of aliphatic hydroxyl groups is 1. The van der Waals surface area contributed by atoms with Gasteiger partial charge in [-0.05, 0) is 25.7 Å². The molecule has 1 aromatic rings. The summed E-state index contributed by atoms with van der Waals surface area (Å²) >= 11 is 0. The maximum atomic E-state index is 12.6. The number of hydrogen-bond donors (Lipinski definition) is 2. The summed E-state index contributed by atoms with van der Waals surface area (Å²) in [7, 11) is -3.85. The van der Waals surface area contributed by atoms with Crippen LogP contribution in [-0.4, -0.2) is 60.3 Å². The fourth-order valence-corrected chi connectivity index (χ4v) is 3.97. The Morgan fingerprint density at radius 2 is 2.38 bits per heavy atom. The molecule has 0 amide bonds. The third kappa shape index (κ3) is 3.25. The second-order valence-electron chi connectivity index (χ2n) is 4.89. The first-order chi connectivity index (χ1) is 10.0. The standard InChI is InChI=1S/C12H19N3O5S/c1-2-20-12(17)10-6-13-14-11(10)21(18,19)15-5-3-4-9(7-15)8-16/h6,9,16H,2-5,7-8H2,1H3,(H,13,14). The normalized spacial score (nSPS) is 20.4. The fraction of sp³-hybridized carbons (Fsp3) is 0.667. The van der Waals surface area contributed by atoms with Crippen LogP contribution in [0.2, 0.25) is 0 Å². The number of ether oxygens (including phenoxy) is 1. The Hall–Kier alpha value is -1.45. The average molecular weight is 317 g/mol. The summed E-state index contributed by atoms with van der Waals surface area (Å²) in [5.41, 5.74) is -0.0945. The molecule has 2 N–H and O–H groups in total. The number of esters is 1. The van der Waals surface area contributed by atoms with Crippen LogP contribution in [0.25, 0.3) is 0 Å². The summed E-state index contributed by atoms with van der Waals surface area (Å²) in [6.07, 6.45) is 2.61. The van der Waals surface area contributed by atoms with Crippen molar-refractivity contribution in [2.75, 3.05) is 26.3 Å². The molecule has 0 radical (unpaired) electrons. The molecule has 1 aliphatic heterocycles. The molecule has 1 aromatic heterocycles. The molecule has 8 nitrogen and oxygen atoms in total. The van der Waals surface area contributed by atoms with Gasteiger partial charge in [-0.3, -0.25) is 5.10 Å². The van der Waals surface area contributed by atoms with Crippen LogP contribution in [-0.2, 0) is 14.8 Å². The Labute approximate surface area is 123 Å². The SMILES string of the molecule is CCOC(=O)c1cn[nH]c1S(=O)(=O)N1CCCC(CO)C1. The van der Waals surface area contributed by atoms with Gasteiger partial charge in [-0.2, -0.15) is 9.40 Å². The van der Waals surface area contributed by atoms with Crippen molar-refractivity contribution in [1.29, 1.82) is 0 Å². The molecular weight excluding hydrogens is 298 g/mol. The van der Waals surface area contributed by atoms with Gasteiger partial charge in [-0.15, -0.1) is 0 Å². The molecule has 1 aliphatic rings. The molecule has 1 saturated heterocycles. The van der Waals surface area contributed by atoms with Crippen molar-refractivity contribution in [3.8, 4) is 0 Å². The largest absolute Gasteiger partial charge is 0.462 e. The predicted octanol–water partition coefficient (Wildman–Crippen LogP) is -0.0206. The monoisotopic (exact) mass is 317 g/mol. The Kier molecular flexibility index (Phi) is 4.96. The second-order valence-corrected chi connectivity index (χ2v) is 6.76. The third-order valence-electron chi connectivity index (χ3n) is 3.44. The second kappa shape index (κ2) is 6.54. The number of nitrogens with one attached hydrogen (secondary N) is 1. The molecule has 1 fully saturated rings. The highest BCUT2D eigenvalue weighted by Crippen LogP contribution is 2.24. The number of aliphatic hydroxyl groups excluding tert-OH is 1. The van der Waals surface area contributed by atoms with Crippen LogP contribution in [0, 0.1) is 5.92 Å². The molecule has 1 unspecified atom stereocenters. The van der Waals surface area contributed by atoms with E-state index in [0.29, 0.717) is 13.0 Å². The van der Waals surface area contributed by atoms with Crippen LogP contribution in [0.1, 0.15) is 30.1 Å². The van der Waals surface area contributed by atoms with E-state index in [1.807, 2.05) is 0 Å². The topological polar surface area (TPSA) is 113 Å². The number of nitrogens with zero attached hydrogens (tertiary/aromatic N) is 2. The van der Waals surface area contributed by atoms with Gasteiger partial charge in [0.2, 0.25) is 0 Å². The lowest BCUT2D eigenvalue weighted by Crippen LogP contribution is -2.41. The lowest BCUT2D eigenvalue weighted by atomic mass is 10.0. The lowest BCUT2D eigenvalue weighted by molar-refractivity contribution is 0.0521. The number of aromatic amines is 1. The maximum absolute atomic E-state index is 12.6. The number of rotatable bonds is 5. The van der Waals surface area contributed by atoms with Crippen LogP contribution in [0.4, 0.5) is 0 Å². The first-order valence-electron chi connectivity index (χ1n) is 6.82. The number of piperidine rings is 1. The first kappa shape index (κ1) is 15.9. The molecular formula is C12H19N3O5S. The van der Waals surface area contributed by atoms with E-state index in [1.165, 1.54) is 4.31 Å². The summed E-state index contributed by atoms with van der Waals surface area (Å²) in [5.74, 6) is -0.803. The van der Waals surface area contributed by atoms with E-state index in [1.54, 1.807) is 6.92 Å². The molecule has 0 spiro atoms. The Morgan fingerprint density at radius 3 is 3.05 bits per heavy atom. The highest BCUT2D eigenvalue weighted by atomic mass is 32.2. The number of sulfonamides is 1. The van der Waals surface area contributed by atoms with Gasteiger partial charge in [0.1, 0.15) is 5.56 Å². The van der Waals surface area contributed by atoms with Crippen LogP contribution in [0.15, 0.2) is 11.2 Å². The van der Waals surface area contributed by atoms with Crippen molar-refractivity contribution in [2.45, 2.75) is 24.8 Å². The molecule has 2 rings (SSSR count). The Morgan fingerprint density at radius 1 is 1.62 bits per heavy atom. The number of carbonyl (C=O) groups is 1. The van der Waals surface area contributed by atoms with E-state index in [9.17, 15) is 18.3 Å². The van der Waals surface area contributed by atoms with Crippen molar-refractivity contribution >= 4 is 16.0 Å². The lowest BCUT2D eigenvalue weighted by Gasteiger charge is -2.30. The highest BCUT2D eigenvalue weighted by Gasteiger charge is 2.34. The maximum Gasteiger partial charge on any atom is 0.342 e. The van der Waals surface area contributed by atoms with E-state index >= 15 is 0 Å². The van der Waals surface area contributed by atoms with Crippen molar-refractivity contribution in [2.24, 2.45) is 5.92 Å². The molecule has 0 aromatic carbocycles. The van der Waals surface area contributed by atoms with E-state index in [4.69, 9.17) is 4.74 Å². The zero-order valence-corrected chi connectivity index (χ0v) is 12.6. The van der Waals surface area contributed by atoms with E-state index in [-0.39, 0.29) is 36.3 Å². The number of aromatic nitrogens is 2. The Bertz CT molecular complexity index is 598. The van der Waals surface area contributed by atoms with Gasteiger partial charge in [0.05, 0.1) is 12.8 Å². The van der Waals surface area contributed by atoms with Crippen LogP contribution >= 0.6 is 0 Å². The smallest absolute Gasteiger partial charge is 0.342 e. The summed E-state index contributed by atoms with van der Waals surface area (Å²) in [6.45, 7) is 2.34. The summed E-state index contributed by atoms with van der Waals surface area (Å²) in [4.78, 5) is 11.8. The van der Waals surface area contributed by atoms with Gasteiger partial charge >= 0.3 is 5.97 Å². The minimum Gasteiger partial charge on any atom is -0.462 e. The molecule has 2 heterocycles. The van der Waals surface area contributed by atoms with Gasteiger partial charge in [-0.1, -0.05) is 0 Å². The molecule has 21 heavy (non-hydrogen) atoms. The van der Waals surface area contributed by atoms with E-state index < -0.39 is 16.0 Å². The quantitative estimate of drug-likeness (QED) is 0.738. The molecule has 0 aliphatic carbocycles. The van der Waals surface area contributed by atoms with Gasteiger partial charge in [0.25, 0.3) is 10.0 Å². The molecule has 1 atom stereocenters. The van der Waals surface area contributed by atoms with Gasteiger partial charge in [-0.25, -0.2) is 13.2 Å². The van der Waals surface area contributed by atoms with Crippen LogP contribution in [0.5, 0.6) is 0 Å². The Balaban J connectivity index is 2.28. The van der Waals surface area contributed by atoms with Gasteiger partial charge in [0, 0.05) is 19.7 Å². The van der Waals surface area contributed by atoms with E-state index in [0.717, 1.165) is 12.6 Å². The van der Waals surface area contributed by atoms with Gasteiger partial charge < -0.3 is 9.84 Å². The van der Waals surface area contributed by atoms with E-state index in [2.05, 4.69) is 10.2 Å². The van der Waals surface area contributed by atoms with Crippen molar-refractivity contribution in [3.63, 3.8) is 0 Å². The molecule has 0 bridgehead atoms. The number of carbonyl (C=O) groups excluding carboxylic acids is 1. The molecule has 9 heteroatoms. The van der Waals surface area contributed by atoms with Crippen molar-refractivity contribution in [3.05, 3.63) is 11.8 Å². The minimum atomic E-state index is -3.85. The van der Waals surface area contributed by atoms with Crippen LogP contribution < -0.4 is 0 Å². The summed E-state index contributed by atoms with van der Waals surface area (Å²) < 4.78 is 31.3. The van der Waals surface area contributed by atoms with Gasteiger partial charge in [0.15, 0.2) is 5.03 Å². The average Bonchev–Trinajstić information content (AvgIpc) is 2.98. The minimum absolute atomic E-state index is 0.0558. The molecule has 118 valence electrons. The third-order valence-corrected chi connectivity index (χ3v) is 5.28. The van der Waals surface area contributed by atoms with Crippen LogP contribution in [0.3, 0.4) is 0 Å². The fourth-order valence-electron chi connectivity index (χ4n) is 2.35. The molecule has 0 saturated carbocycles. The van der Waals surface area contributed by atoms with Crippen molar-refractivity contribution in [1.82, 2.24) is 14.5 Å². The summed E-state index contributed by atoms with van der Waals surface area (Å²) in [5, 5.41) is 15.0. The zero-order valence-electron chi connectivity index (χ0n) is 11.8. The number of H-pyrrole nitrogens is 1. The van der Waals surface area contributed by atoms with Crippen molar-refractivity contribution < 1.29 is 23.1 Å².